The molecule has 0 bridgehead atoms. The quantitative estimate of drug-likeness (QED) is 0.344. The maximum atomic E-state index is 12.9. The van der Waals surface area contributed by atoms with Gasteiger partial charge in [0, 0.05) is 12.1 Å². The number of H-pyrrole nitrogens is 1. The van der Waals surface area contributed by atoms with E-state index >= 15 is 0 Å². The van der Waals surface area contributed by atoms with E-state index in [1.165, 1.54) is 23.0 Å². The average Bonchev–Trinajstić information content (AvgIpc) is 3.29. The minimum Gasteiger partial charge on any atom is -0.467 e. The molecule has 2 heterocycles. The van der Waals surface area contributed by atoms with Gasteiger partial charge in [0.1, 0.15) is 5.76 Å². The van der Waals surface area contributed by atoms with Crippen LogP contribution in [0.5, 0.6) is 0 Å². The fraction of sp³-hybridized carbons (Fsp3) is 0.136. The van der Waals surface area contributed by atoms with E-state index in [1.54, 1.807) is 42.5 Å². The normalized spacial score (nSPS) is 11.5. The molecule has 0 spiro atoms. The van der Waals surface area contributed by atoms with E-state index in [2.05, 4.69) is 10.3 Å². The average molecular weight is 485 g/mol. The maximum Gasteiger partial charge on any atom is 0.262 e. The maximum absolute atomic E-state index is 12.9. The van der Waals surface area contributed by atoms with Crippen LogP contribution in [0.25, 0.3) is 10.9 Å². The van der Waals surface area contributed by atoms with Gasteiger partial charge in [0.2, 0.25) is 10.0 Å². The van der Waals surface area contributed by atoms with Crippen LogP contribution >= 0.6 is 12.2 Å². The summed E-state index contributed by atoms with van der Waals surface area (Å²) in [6.45, 7) is 0.546. The largest absolute Gasteiger partial charge is 0.467 e. The molecule has 0 saturated carbocycles. The second kappa shape index (κ2) is 9.14. The van der Waals surface area contributed by atoms with Gasteiger partial charge in [-0.1, -0.05) is 12.1 Å². The van der Waals surface area contributed by atoms with E-state index in [9.17, 15) is 18.0 Å². The van der Waals surface area contributed by atoms with E-state index in [0.717, 1.165) is 5.56 Å². The Hall–Kier alpha value is -3.54. The molecule has 0 aliphatic carbocycles. The summed E-state index contributed by atoms with van der Waals surface area (Å²) in [5.41, 5.74) is 1.41. The van der Waals surface area contributed by atoms with Gasteiger partial charge < -0.3 is 14.7 Å². The first kappa shape index (κ1) is 22.6. The van der Waals surface area contributed by atoms with Crippen LogP contribution in [0.4, 0.5) is 0 Å². The van der Waals surface area contributed by atoms with E-state index in [4.69, 9.17) is 21.8 Å². The SMILES string of the molecule is NS(=O)(=O)c1ccc(CCNC(=O)c2ccc3c(=O)n(Cc4ccco4)c(=S)[nH]c3c2)cc1. The number of nitrogens with two attached hydrogens (primary N) is 1. The Morgan fingerprint density at radius 2 is 1.91 bits per heavy atom. The van der Waals surface area contributed by atoms with Crippen molar-refractivity contribution in [1.29, 1.82) is 0 Å². The molecule has 2 aromatic carbocycles. The molecule has 0 aliphatic rings. The molecule has 170 valence electrons. The van der Waals surface area contributed by atoms with Crippen molar-refractivity contribution < 1.29 is 17.6 Å². The number of sulfonamides is 1. The highest BCUT2D eigenvalue weighted by molar-refractivity contribution is 7.89. The predicted molar refractivity (Wildman–Crippen MR) is 125 cm³/mol. The molecule has 9 nitrogen and oxygen atoms in total. The first-order chi connectivity index (χ1) is 15.7. The van der Waals surface area contributed by atoms with Crippen molar-refractivity contribution in [2.24, 2.45) is 5.14 Å². The van der Waals surface area contributed by atoms with Crippen LogP contribution in [-0.2, 0) is 23.0 Å². The molecule has 0 unspecified atom stereocenters. The van der Waals surface area contributed by atoms with Gasteiger partial charge in [-0.25, -0.2) is 13.6 Å². The summed E-state index contributed by atoms with van der Waals surface area (Å²) < 4.78 is 29.6. The van der Waals surface area contributed by atoms with E-state index in [-0.39, 0.29) is 27.7 Å². The van der Waals surface area contributed by atoms with Gasteiger partial charge in [-0.15, -0.1) is 0 Å². The third kappa shape index (κ3) is 5.11. The molecule has 4 aromatic rings. The molecular weight excluding hydrogens is 464 g/mol. The molecule has 1 amide bonds. The number of benzene rings is 2. The number of fused-ring (bicyclic) bond motifs is 1. The molecular formula is C22H20N4O5S2. The lowest BCUT2D eigenvalue weighted by molar-refractivity contribution is 0.0954. The van der Waals surface area contributed by atoms with Crippen molar-refractivity contribution in [3.63, 3.8) is 0 Å². The van der Waals surface area contributed by atoms with Crippen molar-refractivity contribution >= 4 is 39.1 Å². The molecule has 0 saturated heterocycles. The summed E-state index contributed by atoms with van der Waals surface area (Å²) in [7, 11) is -3.74. The van der Waals surface area contributed by atoms with Crippen LogP contribution in [0.15, 0.2) is 75.0 Å². The molecule has 11 heteroatoms. The minimum absolute atomic E-state index is 0.0343. The fourth-order valence-corrected chi connectivity index (χ4v) is 4.14. The number of aromatic nitrogens is 2. The first-order valence-electron chi connectivity index (χ1n) is 9.91. The van der Waals surface area contributed by atoms with Crippen molar-refractivity contribution in [3.05, 3.63) is 92.9 Å². The Kier molecular flexibility index (Phi) is 6.27. The van der Waals surface area contributed by atoms with Crippen molar-refractivity contribution in [2.45, 2.75) is 17.9 Å². The number of carbonyl (C=O) groups is 1. The number of aromatic amines is 1. The highest BCUT2D eigenvalue weighted by Crippen LogP contribution is 2.13. The summed E-state index contributed by atoms with van der Waals surface area (Å²) in [6, 6.07) is 14.4. The summed E-state index contributed by atoms with van der Waals surface area (Å²) >= 11 is 5.32. The van der Waals surface area contributed by atoms with Crippen LogP contribution < -0.4 is 16.0 Å². The standard InChI is InChI=1S/C22H20N4O5S2/c23-33(29,30)17-6-3-14(4-7-17)9-10-24-20(27)15-5-8-18-19(12-15)25-22(32)26(21(18)28)13-16-2-1-11-31-16/h1-8,11-12H,9-10,13H2,(H,24,27)(H,25,32)(H2,23,29,30). The molecule has 0 fully saturated rings. The van der Waals surface area contributed by atoms with Crippen LogP contribution in [0.1, 0.15) is 21.7 Å². The van der Waals surface area contributed by atoms with Gasteiger partial charge in [-0.05, 0) is 66.7 Å². The topological polar surface area (TPSA) is 140 Å². The molecule has 4 rings (SSSR count). The Labute approximate surface area is 193 Å². The Morgan fingerprint density at radius 3 is 2.58 bits per heavy atom. The van der Waals surface area contributed by atoms with Gasteiger partial charge >= 0.3 is 0 Å². The Bertz CT molecular complexity index is 1540. The highest BCUT2D eigenvalue weighted by Gasteiger charge is 2.12. The van der Waals surface area contributed by atoms with Crippen molar-refractivity contribution in [3.8, 4) is 0 Å². The number of amides is 1. The molecule has 0 aliphatic heterocycles. The number of nitrogens with zero attached hydrogens (tertiary/aromatic N) is 1. The smallest absolute Gasteiger partial charge is 0.262 e. The summed E-state index contributed by atoms with van der Waals surface area (Å²) in [5.74, 6) is 0.295. The predicted octanol–water partition coefficient (Wildman–Crippen LogP) is 2.32. The van der Waals surface area contributed by atoms with Crippen LogP contribution in [0, 0.1) is 4.77 Å². The molecule has 0 radical (unpaired) electrons. The number of hydrogen-bond acceptors (Lipinski definition) is 6. The Morgan fingerprint density at radius 1 is 1.15 bits per heavy atom. The number of rotatable bonds is 7. The first-order valence-corrected chi connectivity index (χ1v) is 11.9. The molecule has 4 N–H and O–H groups in total. The van der Waals surface area contributed by atoms with Crippen LogP contribution in [0.2, 0.25) is 0 Å². The van der Waals surface area contributed by atoms with Gasteiger partial charge in [0.15, 0.2) is 4.77 Å². The Balaban J connectivity index is 1.46. The summed E-state index contributed by atoms with van der Waals surface area (Å²) in [5, 5.41) is 8.30. The molecule has 0 atom stereocenters. The number of hydrogen-bond donors (Lipinski definition) is 3. The van der Waals surface area contributed by atoms with Crippen molar-refractivity contribution in [2.75, 3.05) is 6.54 Å². The lowest BCUT2D eigenvalue weighted by Gasteiger charge is -2.09. The summed E-state index contributed by atoms with van der Waals surface area (Å²) in [4.78, 5) is 28.5. The van der Waals surface area contributed by atoms with E-state index < -0.39 is 10.0 Å². The fourth-order valence-electron chi connectivity index (χ4n) is 3.37. The zero-order valence-corrected chi connectivity index (χ0v) is 18.9. The van der Waals surface area contributed by atoms with Crippen molar-refractivity contribution in [1.82, 2.24) is 14.9 Å². The third-order valence-corrected chi connectivity index (χ3v) is 6.34. The number of primary sulfonamides is 1. The third-order valence-electron chi connectivity index (χ3n) is 5.09. The molecule has 2 aromatic heterocycles. The number of nitrogens with one attached hydrogen (secondary N) is 2. The minimum atomic E-state index is -3.74. The summed E-state index contributed by atoms with van der Waals surface area (Å²) in [6.07, 6.45) is 2.03. The van der Waals surface area contributed by atoms with Gasteiger partial charge in [0.25, 0.3) is 11.5 Å². The van der Waals surface area contributed by atoms with E-state index in [1.807, 2.05) is 0 Å². The number of furan rings is 1. The van der Waals surface area contributed by atoms with E-state index in [0.29, 0.717) is 35.2 Å². The van der Waals surface area contributed by atoms with Gasteiger partial charge in [0.05, 0.1) is 28.6 Å². The second-order valence-electron chi connectivity index (χ2n) is 7.36. The van der Waals surface area contributed by atoms with Crippen LogP contribution in [-0.4, -0.2) is 30.4 Å². The van der Waals surface area contributed by atoms with Crippen LogP contribution in [0.3, 0.4) is 0 Å². The number of carbonyl (C=O) groups excluding carboxylic acids is 1. The highest BCUT2D eigenvalue weighted by atomic mass is 32.2. The zero-order chi connectivity index (χ0) is 23.6. The zero-order valence-electron chi connectivity index (χ0n) is 17.3. The lowest BCUT2D eigenvalue weighted by atomic mass is 10.1. The van der Waals surface area contributed by atoms with Gasteiger partial charge in [-0.3, -0.25) is 14.2 Å². The molecule has 33 heavy (non-hydrogen) atoms. The lowest BCUT2D eigenvalue weighted by Crippen LogP contribution is -2.26. The monoisotopic (exact) mass is 484 g/mol. The van der Waals surface area contributed by atoms with Gasteiger partial charge in [-0.2, -0.15) is 0 Å². The second-order valence-corrected chi connectivity index (χ2v) is 9.30.